The van der Waals surface area contributed by atoms with Crippen molar-refractivity contribution in [2.75, 3.05) is 19.3 Å². The van der Waals surface area contributed by atoms with Crippen LogP contribution in [-0.2, 0) is 0 Å². The van der Waals surface area contributed by atoms with Crippen molar-refractivity contribution in [3.63, 3.8) is 0 Å². The molecule has 1 aliphatic heterocycles. The summed E-state index contributed by atoms with van der Waals surface area (Å²) in [5.74, 6) is 0.752. The zero-order valence-corrected chi connectivity index (χ0v) is 11.2. The molecule has 1 saturated heterocycles. The maximum absolute atomic E-state index is 5.76. The Morgan fingerprint density at radius 3 is 2.43 bits per heavy atom. The molecule has 84 valence electrons. The molecule has 0 aromatic heterocycles. The molecule has 1 rings (SSSR count). The number of rotatable bonds is 3. The lowest BCUT2D eigenvalue weighted by Gasteiger charge is -2.40. The quantitative estimate of drug-likeness (QED) is 0.727. The first-order valence-electron chi connectivity index (χ1n) is 5.86. The molecule has 2 unspecified atom stereocenters. The van der Waals surface area contributed by atoms with Crippen LogP contribution in [0.1, 0.15) is 19.8 Å². The van der Waals surface area contributed by atoms with E-state index in [1.54, 1.807) is 0 Å². The molecule has 0 spiro atoms. The summed E-state index contributed by atoms with van der Waals surface area (Å²) in [6.07, 6.45) is 4.01. The second-order valence-electron chi connectivity index (χ2n) is 6.02. The molecule has 3 heteroatoms. The second-order valence-corrected chi connectivity index (χ2v) is 11.5. The van der Waals surface area contributed by atoms with E-state index in [1.807, 2.05) is 0 Å². The maximum atomic E-state index is 5.76. The molecule has 2 N–H and O–H groups in total. The minimum absolute atomic E-state index is 0.752. The van der Waals surface area contributed by atoms with E-state index in [0.29, 0.717) is 0 Å². The van der Waals surface area contributed by atoms with E-state index < -0.39 is 8.07 Å². The first-order valence-corrected chi connectivity index (χ1v) is 9.57. The molecule has 0 amide bonds. The summed E-state index contributed by atoms with van der Waals surface area (Å²) in [7, 11) is -0.944. The standard InChI is InChI=1S/C11H26N2Si/c1-10-5-6-11(7-12)8-13(10)9-14(2,3)4/h10-11H,5-9,12H2,1-4H3. The molecule has 1 heterocycles. The summed E-state index contributed by atoms with van der Waals surface area (Å²) < 4.78 is 0. The largest absolute Gasteiger partial charge is 0.330 e. The highest BCUT2D eigenvalue weighted by molar-refractivity contribution is 6.76. The van der Waals surface area contributed by atoms with Crippen LogP contribution >= 0.6 is 0 Å². The molecule has 0 aromatic carbocycles. The third-order valence-electron chi connectivity index (χ3n) is 3.12. The fourth-order valence-corrected chi connectivity index (χ4v) is 3.94. The van der Waals surface area contributed by atoms with Crippen molar-refractivity contribution in [2.45, 2.75) is 45.4 Å². The number of hydrogen-bond donors (Lipinski definition) is 1. The van der Waals surface area contributed by atoms with Crippen LogP contribution in [0, 0.1) is 5.92 Å². The number of likely N-dealkylation sites (tertiary alicyclic amines) is 1. The Kier molecular flexibility index (Phi) is 4.16. The number of hydrogen-bond acceptors (Lipinski definition) is 2. The number of piperidine rings is 1. The van der Waals surface area contributed by atoms with Gasteiger partial charge in [-0.05, 0) is 38.4 Å². The Balaban J connectivity index is 2.48. The highest BCUT2D eigenvalue weighted by Crippen LogP contribution is 2.22. The summed E-state index contributed by atoms with van der Waals surface area (Å²) in [6, 6.07) is 0.782. The van der Waals surface area contributed by atoms with Crippen LogP contribution in [0.3, 0.4) is 0 Å². The van der Waals surface area contributed by atoms with E-state index in [2.05, 4.69) is 31.5 Å². The average molecular weight is 214 g/mol. The van der Waals surface area contributed by atoms with E-state index in [4.69, 9.17) is 5.73 Å². The van der Waals surface area contributed by atoms with Crippen molar-refractivity contribution in [3.8, 4) is 0 Å². The SMILES string of the molecule is CC1CCC(CN)CN1C[Si](C)(C)C. The van der Waals surface area contributed by atoms with Crippen molar-refractivity contribution in [2.24, 2.45) is 11.7 Å². The van der Waals surface area contributed by atoms with Crippen molar-refractivity contribution < 1.29 is 0 Å². The van der Waals surface area contributed by atoms with Gasteiger partial charge in [-0.2, -0.15) is 0 Å². The molecule has 1 aliphatic rings. The van der Waals surface area contributed by atoms with Gasteiger partial charge in [-0.25, -0.2) is 0 Å². The van der Waals surface area contributed by atoms with E-state index in [0.717, 1.165) is 18.5 Å². The normalized spacial score (nSPS) is 30.6. The van der Waals surface area contributed by atoms with E-state index >= 15 is 0 Å². The van der Waals surface area contributed by atoms with Crippen molar-refractivity contribution >= 4 is 8.07 Å². The molecule has 0 aromatic rings. The molecule has 2 nitrogen and oxygen atoms in total. The van der Waals surface area contributed by atoms with Gasteiger partial charge in [-0.15, -0.1) is 0 Å². The van der Waals surface area contributed by atoms with Crippen LogP contribution < -0.4 is 5.73 Å². The molecule has 0 radical (unpaired) electrons. The Labute approximate surface area is 89.9 Å². The molecule has 0 saturated carbocycles. The molecular formula is C11H26N2Si. The molecular weight excluding hydrogens is 188 g/mol. The van der Waals surface area contributed by atoms with E-state index in [-0.39, 0.29) is 0 Å². The highest BCUT2D eigenvalue weighted by atomic mass is 28.3. The number of nitrogens with zero attached hydrogens (tertiary/aromatic N) is 1. The predicted octanol–water partition coefficient (Wildman–Crippen LogP) is 1.92. The molecule has 1 fully saturated rings. The first kappa shape index (κ1) is 12.2. The second kappa shape index (κ2) is 4.77. The third kappa shape index (κ3) is 3.71. The lowest BCUT2D eigenvalue weighted by molar-refractivity contribution is 0.140. The van der Waals surface area contributed by atoms with Crippen molar-refractivity contribution in [3.05, 3.63) is 0 Å². The van der Waals surface area contributed by atoms with Crippen LogP contribution in [-0.4, -0.2) is 38.3 Å². The van der Waals surface area contributed by atoms with Crippen LogP contribution in [0.4, 0.5) is 0 Å². The molecule has 14 heavy (non-hydrogen) atoms. The first-order chi connectivity index (χ1) is 6.42. The van der Waals surface area contributed by atoms with Gasteiger partial charge >= 0.3 is 0 Å². The lowest BCUT2D eigenvalue weighted by atomic mass is 9.94. The minimum Gasteiger partial charge on any atom is -0.330 e. The Bertz CT molecular complexity index is 177. The zero-order valence-electron chi connectivity index (χ0n) is 10.2. The van der Waals surface area contributed by atoms with Gasteiger partial charge in [0.2, 0.25) is 0 Å². The van der Waals surface area contributed by atoms with Gasteiger partial charge in [-0.3, -0.25) is 0 Å². The fourth-order valence-electron chi connectivity index (χ4n) is 2.28. The molecule has 0 bridgehead atoms. The predicted molar refractivity (Wildman–Crippen MR) is 66.2 cm³/mol. The topological polar surface area (TPSA) is 29.3 Å². The fraction of sp³-hybridized carbons (Fsp3) is 1.00. The van der Waals surface area contributed by atoms with E-state index in [9.17, 15) is 0 Å². The highest BCUT2D eigenvalue weighted by Gasteiger charge is 2.28. The lowest BCUT2D eigenvalue weighted by Crippen LogP contribution is -2.50. The molecule has 2 atom stereocenters. The summed E-state index contributed by atoms with van der Waals surface area (Å²) in [5.41, 5.74) is 5.76. The third-order valence-corrected chi connectivity index (χ3v) is 4.47. The smallest absolute Gasteiger partial charge is 0.0599 e. The minimum atomic E-state index is -0.944. The Morgan fingerprint density at radius 1 is 1.29 bits per heavy atom. The van der Waals surface area contributed by atoms with E-state index in [1.165, 1.54) is 25.6 Å². The van der Waals surface area contributed by atoms with Gasteiger partial charge in [-0.1, -0.05) is 19.6 Å². The summed E-state index contributed by atoms with van der Waals surface area (Å²) in [4.78, 5) is 2.67. The summed E-state index contributed by atoms with van der Waals surface area (Å²) in [5, 5.41) is 0. The summed E-state index contributed by atoms with van der Waals surface area (Å²) >= 11 is 0. The molecule has 0 aliphatic carbocycles. The van der Waals surface area contributed by atoms with Gasteiger partial charge in [0.05, 0.1) is 8.07 Å². The van der Waals surface area contributed by atoms with Gasteiger partial charge in [0.25, 0.3) is 0 Å². The van der Waals surface area contributed by atoms with Crippen LogP contribution in [0.5, 0.6) is 0 Å². The van der Waals surface area contributed by atoms with Crippen LogP contribution in [0.15, 0.2) is 0 Å². The maximum Gasteiger partial charge on any atom is 0.0599 e. The van der Waals surface area contributed by atoms with Gasteiger partial charge in [0.15, 0.2) is 0 Å². The Morgan fingerprint density at radius 2 is 1.93 bits per heavy atom. The summed E-state index contributed by atoms with van der Waals surface area (Å²) in [6.45, 7) is 11.8. The number of nitrogens with two attached hydrogens (primary N) is 1. The van der Waals surface area contributed by atoms with Gasteiger partial charge in [0, 0.05) is 12.6 Å². The monoisotopic (exact) mass is 214 g/mol. The van der Waals surface area contributed by atoms with Crippen molar-refractivity contribution in [1.29, 1.82) is 0 Å². The van der Waals surface area contributed by atoms with Crippen LogP contribution in [0.25, 0.3) is 0 Å². The van der Waals surface area contributed by atoms with Crippen molar-refractivity contribution in [1.82, 2.24) is 4.90 Å². The average Bonchev–Trinajstić information content (AvgIpc) is 2.06. The van der Waals surface area contributed by atoms with Crippen LogP contribution in [0.2, 0.25) is 19.6 Å². The van der Waals surface area contributed by atoms with Gasteiger partial charge < -0.3 is 10.6 Å². The van der Waals surface area contributed by atoms with Gasteiger partial charge in [0.1, 0.15) is 0 Å². The zero-order chi connectivity index (χ0) is 10.8. The Hall–Kier alpha value is 0.137.